The van der Waals surface area contributed by atoms with Crippen LogP contribution >= 0.6 is 18.0 Å². The molecule has 0 radical (unpaired) electrons. The van der Waals surface area contributed by atoms with Crippen LogP contribution < -0.4 is 0 Å². The Labute approximate surface area is 106 Å². The van der Waals surface area contributed by atoms with Gasteiger partial charge in [0.05, 0.1) is 0 Å². The van der Waals surface area contributed by atoms with E-state index in [1.54, 1.807) is 0 Å². The van der Waals surface area contributed by atoms with Crippen LogP contribution in [0.2, 0.25) is 0 Å². The molecule has 0 spiro atoms. The van der Waals surface area contributed by atoms with Gasteiger partial charge in [0.2, 0.25) is 0 Å². The molecule has 0 N–H and O–H groups in total. The molecule has 17 heteroatoms. The Kier molecular flexibility index (Phi) is 5.01. The first-order chi connectivity index (χ1) is 7.91. The van der Waals surface area contributed by atoms with E-state index in [9.17, 15) is 47.7 Å². The Hall–Kier alpha value is -0.0800. The summed E-state index contributed by atoms with van der Waals surface area (Å²) in [4.78, 5) is 0. The van der Waals surface area contributed by atoms with Crippen LogP contribution in [0.15, 0.2) is 0 Å². The van der Waals surface area contributed by atoms with Crippen molar-refractivity contribution in [2.75, 3.05) is 0 Å². The first-order valence-corrected chi connectivity index (χ1v) is 8.72. The number of sulfonamides is 2. The van der Waals surface area contributed by atoms with Crippen molar-refractivity contribution in [2.24, 2.45) is 0 Å². The fourth-order valence-electron chi connectivity index (χ4n) is 0.373. The van der Waals surface area contributed by atoms with E-state index in [1.165, 1.54) is 8.99 Å². The third-order valence-electron chi connectivity index (χ3n) is 1.00. The molecule has 19 heavy (non-hydrogen) atoms. The van der Waals surface area contributed by atoms with E-state index in [0.717, 1.165) is 0 Å². The Balaban J connectivity index is 5.34. The van der Waals surface area contributed by atoms with Crippen molar-refractivity contribution in [3.8, 4) is 0 Å². The van der Waals surface area contributed by atoms with Crippen LogP contribution in [0.3, 0.4) is 0 Å². The van der Waals surface area contributed by atoms with Crippen molar-refractivity contribution < 1.29 is 47.7 Å². The van der Waals surface area contributed by atoms with E-state index in [-0.39, 0.29) is 0 Å². The average Bonchev–Trinajstić information content (AvgIpc) is 1.93. The third-order valence-corrected chi connectivity index (χ3v) is 6.61. The lowest BCUT2D eigenvalue weighted by molar-refractivity contribution is -0.0429. The summed E-state index contributed by atoms with van der Waals surface area (Å²) in [5, 5.41) is 0. The number of alkyl halides is 6. The highest BCUT2D eigenvalue weighted by atomic mass is 35.7. The lowest BCUT2D eigenvalue weighted by atomic mass is 11.6. The van der Waals surface area contributed by atoms with E-state index in [4.69, 9.17) is 0 Å². The van der Waals surface area contributed by atoms with Gasteiger partial charge in [-0.1, -0.05) is 11.2 Å². The quantitative estimate of drug-likeness (QED) is 0.553. The van der Waals surface area contributed by atoms with Crippen molar-refractivity contribution in [2.45, 2.75) is 11.0 Å². The lowest BCUT2D eigenvalue weighted by Gasteiger charge is -2.37. The minimum Gasteiger partial charge on any atom is -0.486 e. The average molecular weight is 377 g/mol. The maximum atomic E-state index is 11.8. The van der Waals surface area contributed by atoms with E-state index >= 15 is 0 Å². The number of rotatable bonds is 4. The van der Waals surface area contributed by atoms with Crippen LogP contribution in [0.5, 0.6) is 0 Å². The molecule has 0 saturated carbocycles. The number of nitrogens with zero attached hydrogens (tertiary/aromatic N) is 2. The highest BCUT2D eigenvalue weighted by Crippen LogP contribution is 2.67. The third kappa shape index (κ3) is 5.07. The molecule has 0 aromatic heterocycles. The van der Waals surface area contributed by atoms with Gasteiger partial charge in [-0.05, 0) is 0 Å². The van der Waals surface area contributed by atoms with Gasteiger partial charge >= 0.3 is 11.0 Å². The van der Waals surface area contributed by atoms with Crippen molar-refractivity contribution in [1.82, 2.24) is 0 Å². The molecule has 116 valence electrons. The highest BCUT2D eigenvalue weighted by molar-refractivity contribution is 8.17. The molecule has 0 bridgehead atoms. The second-order valence-corrected chi connectivity index (χ2v) is 8.88. The summed E-state index contributed by atoms with van der Waals surface area (Å²) in [6.45, 7) is -6.02. The summed E-state index contributed by atoms with van der Waals surface area (Å²) in [6, 6.07) is 0. The topological polar surface area (TPSA) is 114 Å². The number of hydrogen-bond acceptors (Lipinski definition) is 5. The van der Waals surface area contributed by atoms with Crippen LogP contribution in [0.4, 0.5) is 26.3 Å². The molecule has 0 saturated heterocycles. The van der Waals surface area contributed by atoms with Crippen molar-refractivity contribution in [3.05, 3.63) is 8.99 Å². The molecule has 0 amide bonds. The van der Waals surface area contributed by atoms with E-state index in [0.29, 0.717) is 0 Å². The minimum absolute atomic E-state index is 1.33. The molecule has 7 nitrogen and oxygen atoms in total. The predicted molar refractivity (Wildman–Crippen MR) is 50.1 cm³/mol. The molecule has 0 aromatic rings. The summed E-state index contributed by atoms with van der Waals surface area (Å²) in [5.41, 5.74) is -12.3. The molecule has 0 atom stereocenters. The van der Waals surface area contributed by atoms with Gasteiger partial charge in [0.1, 0.15) is 0 Å². The second kappa shape index (κ2) is 5.04. The number of hydrogen-bond donors (Lipinski definition) is 0. The molecule has 0 heterocycles. The maximum absolute atomic E-state index is 11.8. The normalized spacial score (nSPS) is 15.5. The second-order valence-electron chi connectivity index (χ2n) is 2.48. The summed E-state index contributed by atoms with van der Waals surface area (Å²) >= 11 is 4.38. The zero-order valence-electron chi connectivity index (χ0n) is 7.85. The Morgan fingerprint density at radius 1 is 0.789 bits per heavy atom. The van der Waals surface area contributed by atoms with Gasteiger partial charge in [0.15, 0.2) is 20.0 Å². The molecule has 0 aliphatic heterocycles. The Morgan fingerprint density at radius 3 is 1.16 bits per heavy atom. The summed E-state index contributed by atoms with van der Waals surface area (Å²) in [6.07, 6.45) is 0. The van der Waals surface area contributed by atoms with Crippen LogP contribution in [-0.2, 0) is 24.6 Å². The van der Waals surface area contributed by atoms with Gasteiger partial charge < -0.3 is 13.6 Å². The molecule has 0 aliphatic carbocycles. The SMILES string of the molecule is O=P(Cl)([N-]S(=O)(=O)C(F)(F)F)[N-]S(=O)(=O)C(F)(F)F. The fraction of sp³-hybridized carbons (Fsp3) is 1.00. The largest absolute Gasteiger partial charge is 0.486 e. The first-order valence-electron chi connectivity index (χ1n) is 3.33. The summed E-state index contributed by atoms with van der Waals surface area (Å²) in [5.74, 6) is 0. The standard InChI is InChI=1S/C2ClF6N2O5PS2/c3-17(12,10-18(13,14)1(4,5)6)11-19(15,16)2(7,8)9/q-2. The van der Waals surface area contributed by atoms with E-state index in [1.807, 2.05) is 0 Å². The van der Waals surface area contributed by atoms with Gasteiger partial charge in [0.25, 0.3) is 0 Å². The van der Waals surface area contributed by atoms with Crippen molar-refractivity contribution >= 4 is 38.1 Å². The van der Waals surface area contributed by atoms with Crippen LogP contribution in [0.1, 0.15) is 0 Å². The molecule has 0 rings (SSSR count). The lowest BCUT2D eigenvalue weighted by Crippen LogP contribution is -2.23. The molecular formula is C2ClF6N2O5PS2-2. The Bertz CT molecular complexity index is 542. The monoisotopic (exact) mass is 376 g/mol. The predicted octanol–water partition coefficient (Wildman–Crippen LogP) is 2.78. The smallest absolute Gasteiger partial charge is 0.480 e. The first kappa shape index (κ1) is 18.9. The van der Waals surface area contributed by atoms with E-state index in [2.05, 4.69) is 11.2 Å². The van der Waals surface area contributed by atoms with Crippen LogP contribution in [0.25, 0.3) is 8.99 Å². The molecule has 0 unspecified atom stereocenters. The summed E-state index contributed by atoms with van der Waals surface area (Å²) in [7, 11) is -13.1. The summed E-state index contributed by atoms with van der Waals surface area (Å²) < 4.78 is 125. The van der Waals surface area contributed by atoms with Gasteiger partial charge in [-0.3, -0.25) is 0 Å². The maximum Gasteiger partial charge on any atom is 0.480 e. The molecule has 0 fully saturated rings. The Morgan fingerprint density at radius 2 is 1.00 bits per heavy atom. The van der Waals surface area contributed by atoms with Gasteiger partial charge in [-0.2, -0.15) is 26.3 Å². The molecule has 0 aliphatic rings. The van der Waals surface area contributed by atoms with Crippen molar-refractivity contribution in [1.29, 1.82) is 0 Å². The minimum atomic E-state index is -6.57. The molecular weight excluding hydrogens is 377 g/mol. The highest BCUT2D eigenvalue weighted by Gasteiger charge is 2.42. The van der Waals surface area contributed by atoms with Crippen LogP contribution in [-0.4, -0.2) is 27.9 Å². The van der Waals surface area contributed by atoms with Crippen molar-refractivity contribution in [3.63, 3.8) is 0 Å². The molecule has 0 aromatic carbocycles. The number of halogens is 7. The van der Waals surface area contributed by atoms with Gasteiger partial charge in [0, 0.05) is 6.80 Å². The zero-order chi connectivity index (χ0) is 15.9. The fourth-order valence-corrected chi connectivity index (χ4v) is 5.08. The van der Waals surface area contributed by atoms with E-state index < -0.39 is 37.9 Å². The zero-order valence-corrected chi connectivity index (χ0v) is 11.1. The van der Waals surface area contributed by atoms with Crippen LogP contribution in [0, 0.1) is 0 Å². The van der Waals surface area contributed by atoms with Gasteiger partial charge in [-0.25, -0.2) is 16.8 Å². The van der Waals surface area contributed by atoms with Gasteiger partial charge in [-0.15, -0.1) is 0 Å².